The van der Waals surface area contributed by atoms with Gasteiger partial charge in [0.1, 0.15) is 0 Å². The number of benzene rings is 4. The summed E-state index contributed by atoms with van der Waals surface area (Å²) >= 11 is 0. The molecule has 0 radical (unpaired) electrons. The molecule has 3 N–H and O–H groups in total. The van der Waals surface area contributed by atoms with Crippen molar-refractivity contribution in [2.75, 3.05) is 17.6 Å². The van der Waals surface area contributed by atoms with E-state index in [-0.39, 0.29) is 15.6 Å². The van der Waals surface area contributed by atoms with E-state index in [1.165, 1.54) is 12.1 Å². The standard InChI is InChI=1S/C29H26N2O3S/c1-21(22-8-4-2-5-9-22)28(29(32)23-10-6-3-7-11-23)20-31-25-14-18-27(19-15-25)35(33,34)26-16-12-24(30)13-17-26/h2-19,31H,20,30H2,1H3/b28-21-. The van der Waals surface area contributed by atoms with Crippen molar-refractivity contribution in [3.8, 4) is 0 Å². The van der Waals surface area contributed by atoms with Crippen LogP contribution in [0.5, 0.6) is 0 Å². The Labute approximate surface area is 205 Å². The molecule has 176 valence electrons. The van der Waals surface area contributed by atoms with E-state index in [2.05, 4.69) is 5.32 Å². The van der Waals surface area contributed by atoms with Gasteiger partial charge in [-0.15, -0.1) is 0 Å². The number of rotatable bonds is 8. The second kappa shape index (κ2) is 10.4. The van der Waals surface area contributed by atoms with E-state index in [1.807, 2.05) is 55.5 Å². The first kappa shape index (κ1) is 24.0. The molecular formula is C29H26N2O3S. The monoisotopic (exact) mass is 482 g/mol. The number of carbonyl (C=O) groups excluding carboxylic acids is 1. The van der Waals surface area contributed by atoms with Crippen LogP contribution in [-0.2, 0) is 9.84 Å². The first-order valence-corrected chi connectivity index (χ1v) is 12.6. The summed E-state index contributed by atoms with van der Waals surface area (Å²) in [5.41, 5.74) is 9.99. The topological polar surface area (TPSA) is 89.3 Å². The lowest BCUT2D eigenvalue weighted by molar-refractivity contribution is 0.103. The minimum atomic E-state index is -3.65. The predicted octanol–water partition coefficient (Wildman–Crippen LogP) is 5.87. The Morgan fingerprint density at radius 3 is 1.74 bits per heavy atom. The molecule has 4 aromatic rings. The van der Waals surface area contributed by atoms with E-state index in [0.29, 0.717) is 29.1 Å². The van der Waals surface area contributed by atoms with Gasteiger partial charge in [-0.25, -0.2) is 8.42 Å². The van der Waals surface area contributed by atoms with Crippen LogP contribution in [0.4, 0.5) is 11.4 Å². The number of Topliss-reactive ketones (excluding diaryl/α,β-unsaturated/α-hetero) is 1. The van der Waals surface area contributed by atoms with Crippen molar-refractivity contribution < 1.29 is 13.2 Å². The van der Waals surface area contributed by atoms with Gasteiger partial charge < -0.3 is 11.1 Å². The molecule has 0 saturated carbocycles. The average molecular weight is 483 g/mol. The normalized spacial score (nSPS) is 12.0. The number of hydrogen-bond acceptors (Lipinski definition) is 5. The lowest BCUT2D eigenvalue weighted by atomic mass is 9.95. The van der Waals surface area contributed by atoms with Gasteiger partial charge in [0.05, 0.1) is 9.79 Å². The van der Waals surface area contributed by atoms with Crippen LogP contribution in [0.25, 0.3) is 5.57 Å². The SMILES string of the molecule is C/C(=C(\CNc1ccc(S(=O)(=O)c2ccc(N)cc2)cc1)C(=O)c1ccccc1)c1ccccc1. The zero-order chi connectivity index (χ0) is 24.8. The highest BCUT2D eigenvalue weighted by Gasteiger charge is 2.18. The molecule has 0 atom stereocenters. The molecule has 0 heterocycles. The lowest BCUT2D eigenvalue weighted by Crippen LogP contribution is -2.15. The number of carbonyl (C=O) groups is 1. The Morgan fingerprint density at radius 1 is 0.714 bits per heavy atom. The molecule has 0 fully saturated rings. The number of nitrogens with two attached hydrogens (primary N) is 1. The van der Waals surface area contributed by atoms with E-state index in [9.17, 15) is 13.2 Å². The third-order valence-electron chi connectivity index (χ3n) is 5.79. The minimum absolute atomic E-state index is 0.0537. The molecule has 5 nitrogen and oxygen atoms in total. The highest BCUT2D eigenvalue weighted by molar-refractivity contribution is 7.91. The minimum Gasteiger partial charge on any atom is -0.399 e. The molecule has 0 amide bonds. The molecule has 0 bridgehead atoms. The first-order chi connectivity index (χ1) is 16.9. The Balaban J connectivity index is 1.58. The van der Waals surface area contributed by atoms with Gasteiger partial charge in [0, 0.05) is 29.1 Å². The highest BCUT2D eigenvalue weighted by atomic mass is 32.2. The number of sulfone groups is 1. The average Bonchev–Trinajstić information content (AvgIpc) is 2.90. The van der Waals surface area contributed by atoms with E-state index < -0.39 is 9.84 Å². The van der Waals surface area contributed by atoms with Crippen molar-refractivity contribution in [2.45, 2.75) is 16.7 Å². The Kier molecular flexibility index (Phi) is 7.13. The summed E-state index contributed by atoms with van der Waals surface area (Å²) in [6, 6.07) is 31.6. The molecule has 35 heavy (non-hydrogen) atoms. The molecule has 6 heteroatoms. The molecule has 0 unspecified atom stereocenters. The highest BCUT2D eigenvalue weighted by Crippen LogP contribution is 2.25. The summed E-state index contributed by atoms with van der Waals surface area (Å²) in [5, 5.41) is 3.28. The number of anilines is 2. The number of allylic oxidation sites excluding steroid dienone is 1. The summed E-state index contributed by atoms with van der Waals surface area (Å²) in [5.74, 6) is -0.0537. The van der Waals surface area contributed by atoms with Crippen molar-refractivity contribution >= 4 is 32.6 Å². The second-order valence-corrected chi connectivity index (χ2v) is 10.1. The molecule has 0 aliphatic carbocycles. The van der Waals surface area contributed by atoms with Gasteiger partial charge in [-0.1, -0.05) is 60.7 Å². The molecule has 0 saturated heterocycles. The van der Waals surface area contributed by atoms with Gasteiger partial charge >= 0.3 is 0 Å². The fourth-order valence-corrected chi connectivity index (χ4v) is 5.00. The van der Waals surface area contributed by atoms with Crippen LogP contribution in [-0.4, -0.2) is 20.7 Å². The largest absolute Gasteiger partial charge is 0.399 e. The van der Waals surface area contributed by atoms with E-state index >= 15 is 0 Å². The number of ketones is 1. The van der Waals surface area contributed by atoms with Crippen LogP contribution in [0.1, 0.15) is 22.8 Å². The summed E-state index contributed by atoms with van der Waals surface area (Å²) in [4.78, 5) is 13.7. The van der Waals surface area contributed by atoms with Crippen molar-refractivity contribution in [2.24, 2.45) is 0 Å². The zero-order valence-corrected chi connectivity index (χ0v) is 20.1. The fraction of sp³-hybridized carbons (Fsp3) is 0.0690. The fourth-order valence-electron chi connectivity index (χ4n) is 3.73. The van der Waals surface area contributed by atoms with Crippen LogP contribution in [0, 0.1) is 0 Å². The third kappa shape index (κ3) is 5.50. The van der Waals surface area contributed by atoms with Gasteiger partial charge in [-0.2, -0.15) is 0 Å². The first-order valence-electron chi connectivity index (χ1n) is 11.2. The summed E-state index contributed by atoms with van der Waals surface area (Å²) in [7, 11) is -3.65. The van der Waals surface area contributed by atoms with Gasteiger partial charge in [-0.3, -0.25) is 4.79 Å². The van der Waals surface area contributed by atoms with Crippen LogP contribution < -0.4 is 11.1 Å². The summed E-state index contributed by atoms with van der Waals surface area (Å²) in [6.45, 7) is 2.23. The summed E-state index contributed by atoms with van der Waals surface area (Å²) in [6.07, 6.45) is 0. The van der Waals surface area contributed by atoms with Crippen LogP contribution in [0.15, 0.2) is 125 Å². The number of hydrogen-bond donors (Lipinski definition) is 2. The second-order valence-electron chi connectivity index (χ2n) is 8.12. The van der Waals surface area contributed by atoms with Crippen molar-refractivity contribution in [3.63, 3.8) is 0 Å². The van der Waals surface area contributed by atoms with Crippen molar-refractivity contribution in [1.29, 1.82) is 0 Å². The molecule has 0 aliphatic rings. The number of nitrogen functional groups attached to an aromatic ring is 1. The maximum atomic E-state index is 13.4. The van der Waals surface area contributed by atoms with Crippen LogP contribution >= 0.6 is 0 Å². The Morgan fingerprint density at radius 2 is 1.20 bits per heavy atom. The molecule has 0 spiro atoms. The van der Waals surface area contributed by atoms with Gasteiger partial charge in [0.15, 0.2) is 5.78 Å². The third-order valence-corrected chi connectivity index (χ3v) is 7.58. The summed E-state index contributed by atoms with van der Waals surface area (Å²) < 4.78 is 25.8. The van der Waals surface area contributed by atoms with Gasteiger partial charge in [0.25, 0.3) is 0 Å². The van der Waals surface area contributed by atoms with E-state index in [4.69, 9.17) is 5.73 Å². The Hall–Kier alpha value is -4.16. The Bertz CT molecular complexity index is 1440. The van der Waals surface area contributed by atoms with Crippen LogP contribution in [0.2, 0.25) is 0 Å². The number of nitrogens with one attached hydrogen (secondary N) is 1. The predicted molar refractivity (Wildman–Crippen MR) is 141 cm³/mol. The lowest BCUT2D eigenvalue weighted by Gasteiger charge is -2.15. The smallest absolute Gasteiger partial charge is 0.206 e. The van der Waals surface area contributed by atoms with Gasteiger partial charge in [0.2, 0.25) is 9.84 Å². The molecule has 0 aliphatic heterocycles. The van der Waals surface area contributed by atoms with E-state index in [1.54, 1.807) is 48.5 Å². The zero-order valence-electron chi connectivity index (χ0n) is 19.3. The van der Waals surface area contributed by atoms with Gasteiger partial charge in [-0.05, 0) is 66.6 Å². The molecule has 4 aromatic carbocycles. The quantitative estimate of drug-likeness (QED) is 0.186. The van der Waals surface area contributed by atoms with Crippen LogP contribution in [0.3, 0.4) is 0 Å². The van der Waals surface area contributed by atoms with Crippen molar-refractivity contribution in [1.82, 2.24) is 0 Å². The maximum absolute atomic E-state index is 13.4. The molecule has 4 rings (SSSR count). The van der Waals surface area contributed by atoms with E-state index in [0.717, 1.165) is 11.1 Å². The maximum Gasteiger partial charge on any atom is 0.206 e. The molecular weight excluding hydrogens is 456 g/mol. The van der Waals surface area contributed by atoms with Crippen molar-refractivity contribution in [3.05, 3.63) is 126 Å². The molecule has 0 aromatic heterocycles.